The Morgan fingerprint density at radius 2 is 2.08 bits per heavy atom. The van der Waals surface area contributed by atoms with Crippen LogP contribution in [0, 0.1) is 17.1 Å². The molecule has 3 aromatic heterocycles. The van der Waals surface area contributed by atoms with E-state index >= 15 is 0 Å². The third kappa shape index (κ3) is 3.85. The highest BCUT2D eigenvalue weighted by molar-refractivity contribution is 5.57. The van der Waals surface area contributed by atoms with Gasteiger partial charge < -0.3 is 4.90 Å². The lowest BCUT2D eigenvalue weighted by molar-refractivity contribution is 0.0256. The van der Waals surface area contributed by atoms with E-state index in [0.717, 1.165) is 0 Å². The Balaban J connectivity index is 0.000000219. The van der Waals surface area contributed by atoms with Gasteiger partial charge in [0.25, 0.3) is 5.92 Å². The van der Waals surface area contributed by atoms with Crippen LogP contribution in [0.25, 0.3) is 5.65 Å². The lowest BCUT2D eigenvalue weighted by Gasteiger charge is -2.16. The summed E-state index contributed by atoms with van der Waals surface area (Å²) in [6.07, 6.45) is 5.56. The standard InChI is InChI=1S/C11H9F2N5.C5H4FN/c12-11(13)2-4-17(7-11)9-1-3-18-10(16-9)8(5-14)6-15-18;6-5-2-1-3-7-4-5/h1,3,6H,2,4,7H2;1-4H. The molecular weight excluding hydrogens is 333 g/mol. The van der Waals surface area contributed by atoms with Crippen LogP contribution in [0.2, 0.25) is 0 Å². The summed E-state index contributed by atoms with van der Waals surface area (Å²) in [5.41, 5.74) is 0.730. The molecular formula is C16H13F3N6. The maximum atomic E-state index is 13.1. The van der Waals surface area contributed by atoms with Crippen LogP contribution >= 0.6 is 0 Å². The average molecular weight is 346 g/mol. The van der Waals surface area contributed by atoms with Crippen molar-refractivity contribution in [2.45, 2.75) is 12.3 Å². The van der Waals surface area contributed by atoms with Crippen molar-refractivity contribution in [2.24, 2.45) is 0 Å². The van der Waals surface area contributed by atoms with Crippen molar-refractivity contribution in [1.29, 1.82) is 5.26 Å². The Kier molecular flexibility index (Phi) is 4.52. The molecule has 0 aromatic carbocycles. The van der Waals surface area contributed by atoms with E-state index in [1.807, 2.05) is 6.07 Å². The van der Waals surface area contributed by atoms with Crippen LogP contribution in [0.15, 0.2) is 43.0 Å². The number of nitriles is 1. The molecule has 6 nitrogen and oxygen atoms in total. The van der Waals surface area contributed by atoms with E-state index in [9.17, 15) is 13.2 Å². The summed E-state index contributed by atoms with van der Waals surface area (Å²) in [7, 11) is 0. The third-order valence-electron chi connectivity index (χ3n) is 3.59. The molecule has 0 saturated carbocycles. The summed E-state index contributed by atoms with van der Waals surface area (Å²) in [5.74, 6) is -2.49. The molecule has 4 heterocycles. The predicted octanol–water partition coefficient (Wildman–Crippen LogP) is 2.67. The van der Waals surface area contributed by atoms with Gasteiger partial charge in [-0.3, -0.25) is 4.98 Å². The highest BCUT2D eigenvalue weighted by Gasteiger charge is 2.38. The molecule has 0 spiro atoms. The molecule has 4 rings (SSSR count). The van der Waals surface area contributed by atoms with Gasteiger partial charge in [-0.1, -0.05) is 0 Å². The summed E-state index contributed by atoms with van der Waals surface area (Å²) < 4.78 is 39.6. The van der Waals surface area contributed by atoms with Crippen LogP contribution < -0.4 is 4.90 Å². The first kappa shape index (κ1) is 16.7. The molecule has 1 saturated heterocycles. The Morgan fingerprint density at radius 3 is 2.64 bits per heavy atom. The normalized spacial score (nSPS) is 15.5. The van der Waals surface area contributed by atoms with Gasteiger partial charge in [0.2, 0.25) is 0 Å². The third-order valence-corrected chi connectivity index (χ3v) is 3.59. The Hall–Kier alpha value is -3.15. The first-order valence-corrected chi connectivity index (χ1v) is 7.41. The van der Waals surface area contributed by atoms with Gasteiger partial charge in [0, 0.05) is 25.4 Å². The quantitative estimate of drug-likeness (QED) is 0.677. The van der Waals surface area contributed by atoms with Gasteiger partial charge in [-0.25, -0.2) is 22.7 Å². The van der Waals surface area contributed by atoms with Crippen molar-refractivity contribution >= 4 is 11.5 Å². The minimum absolute atomic E-state index is 0.162. The zero-order chi connectivity index (χ0) is 17.9. The van der Waals surface area contributed by atoms with Gasteiger partial charge >= 0.3 is 0 Å². The molecule has 0 N–H and O–H groups in total. The van der Waals surface area contributed by atoms with Gasteiger partial charge in [-0.15, -0.1) is 0 Å². The number of anilines is 1. The van der Waals surface area contributed by atoms with E-state index in [0.29, 0.717) is 17.0 Å². The van der Waals surface area contributed by atoms with Crippen LogP contribution in [0.5, 0.6) is 0 Å². The van der Waals surface area contributed by atoms with Gasteiger partial charge in [0.1, 0.15) is 23.3 Å². The fourth-order valence-electron chi connectivity index (χ4n) is 2.39. The largest absolute Gasteiger partial charge is 0.350 e. The number of fused-ring (bicyclic) bond motifs is 1. The van der Waals surface area contributed by atoms with Crippen molar-refractivity contribution in [1.82, 2.24) is 19.6 Å². The van der Waals surface area contributed by atoms with Crippen LogP contribution in [0.3, 0.4) is 0 Å². The number of alkyl halides is 2. The maximum Gasteiger partial charge on any atom is 0.266 e. The zero-order valence-electron chi connectivity index (χ0n) is 13.0. The van der Waals surface area contributed by atoms with E-state index in [2.05, 4.69) is 15.1 Å². The number of hydrogen-bond acceptors (Lipinski definition) is 5. The minimum Gasteiger partial charge on any atom is -0.350 e. The van der Waals surface area contributed by atoms with Crippen LogP contribution in [-0.4, -0.2) is 38.6 Å². The number of rotatable bonds is 1. The van der Waals surface area contributed by atoms with Crippen molar-refractivity contribution in [3.05, 3.63) is 54.4 Å². The summed E-state index contributed by atoms with van der Waals surface area (Å²) >= 11 is 0. The Bertz CT molecular complexity index is 903. The summed E-state index contributed by atoms with van der Waals surface area (Å²) in [4.78, 5) is 9.26. The minimum atomic E-state index is -2.66. The monoisotopic (exact) mass is 346 g/mol. The number of halogens is 3. The fourth-order valence-corrected chi connectivity index (χ4v) is 2.39. The Labute approximate surface area is 141 Å². The molecule has 0 atom stereocenters. The molecule has 0 bridgehead atoms. The predicted molar refractivity (Wildman–Crippen MR) is 83.7 cm³/mol. The SMILES string of the molecule is Fc1cccnc1.N#Cc1cnn2ccc(N3CCC(F)(F)C3)nc12. The van der Waals surface area contributed by atoms with Crippen LogP contribution in [0.1, 0.15) is 12.0 Å². The maximum absolute atomic E-state index is 13.1. The van der Waals surface area contributed by atoms with Crippen molar-refractivity contribution in [3.8, 4) is 6.07 Å². The first-order valence-electron chi connectivity index (χ1n) is 7.41. The Morgan fingerprint density at radius 1 is 1.24 bits per heavy atom. The molecule has 1 fully saturated rings. The number of nitrogens with zero attached hydrogens (tertiary/aromatic N) is 6. The number of aromatic nitrogens is 4. The molecule has 3 aromatic rings. The summed E-state index contributed by atoms with van der Waals surface area (Å²) in [6, 6.07) is 6.50. The molecule has 0 amide bonds. The van der Waals surface area contributed by atoms with E-state index in [4.69, 9.17) is 5.26 Å². The van der Waals surface area contributed by atoms with Crippen molar-refractivity contribution < 1.29 is 13.2 Å². The molecule has 0 radical (unpaired) electrons. The van der Waals surface area contributed by atoms with Gasteiger partial charge in [0.05, 0.1) is 18.9 Å². The lowest BCUT2D eigenvalue weighted by Crippen LogP contribution is -2.25. The number of pyridine rings is 1. The highest BCUT2D eigenvalue weighted by atomic mass is 19.3. The number of hydrogen-bond donors (Lipinski definition) is 0. The second-order valence-corrected chi connectivity index (χ2v) is 5.42. The van der Waals surface area contributed by atoms with Gasteiger partial charge in [-0.05, 0) is 18.2 Å². The molecule has 1 aliphatic rings. The van der Waals surface area contributed by atoms with Crippen molar-refractivity contribution in [2.75, 3.05) is 18.0 Å². The summed E-state index contributed by atoms with van der Waals surface area (Å²) in [6.45, 7) is -0.0571. The van der Waals surface area contributed by atoms with Gasteiger partial charge in [0.15, 0.2) is 5.65 Å². The second-order valence-electron chi connectivity index (χ2n) is 5.42. The van der Waals surface area contributed by atoms with E-state index in [1.54, 1.807) is 18.3 Å². The fraction of sp³-hybridized carbons (Fsp3) is 0.250. The zero-order valence-corrected chi connectivity index (χ0v) is 13.0. The molecule has 0 unspecified atom stereocenters. The highest BCUT2D eigenvalue weighted by Crippen LogP contribution is 2.30. The van der Waals surface area contributed by atoms with Crippen LogP contribution in [-0.2, 0) is 0 Å². The van der Waals surface area contributed by atoms with E-state index < -0.39 is 5.92 Å². The molecule has 0 aliphatic carbocycles. The molecule has 128 valence electrons. The van der Waals surface area contributed by atoms with Crippen molar-refractivity contribution in [3.63, 3.8) is 0 Å². The molecule has 1 aliphatic heterocycles. The van der Waals surface area contributed by atoms with E-state index in [-0.39, 0.29) is 25.3 Å². The van der Waals surface area contributed by atoms with Crippen LogP contribution in [0.4, 0.5) is 19.0 Å². The summed E-state index contributed by atoms with van der Waals surface area (Å²) in [5, 5.41) is 12.8. The second kappa shape index (κ2) is 6.76. The topological polar surface area (TPSA) is 70.1 Å². The molecule has 25 heavy (non-hydrogen) atoms. The average Bonchev–Trinajstić information content (AvgIpc) is 3.18. The first-order chi connectivity index (χ1) is 12.0. The lowest BCUT2D eigenvalue weighted by atomic mass is 10.3. The molecule has 9 heteroatoms. The van der Waals surface area contributed by atoms with E-state index in [1.165, 1.54) is 34.1 Å². The smallest absolute Gasteiger partial charge is 0.266 e. The van der Waals surface area contributed by atoms with Gasteiger partial charge in [-0.2, -0.15) is 10.4 Å².